The molecular formula is C15H21N4O2+. The fourth-order valence-corrected chi connectivity index (χ4v) is 5.06. The average Bonchev–Trinajstić information content (AvgIpc) is 2.73. The van der Waals surface area contributed by atoms with Crippen molar-refractivity contribution in [2.45, 2.75) is 45.4 Å². The Morgan fingerprint density at radius 3 is 2.14 bits per heavy atom. The zero-order valence-corrected chi connectivity index (χ0v) is 12.5. The minimum Gasteiger partial charge on any atom is -0.314 e. The summed E-state index contributed by atoms with van der Waals surface area (Å²) in [6.45, 7) is 4.45. The van der Waals surface area contributed by atoms with E-state index in [1.54, 1.807) is 0 Å². The highest BCUT2D eigenvalue weighted by atomic mass is 16.7. The SMILES string of the molecule is CCOC1(OCC)[NH+]=C(N)[C@]2(C#N)C3(CCCC3)[C@]12C#N. The van der Waals surface area contributed by atoms with E-state index in [4.69, 9.17) is 15.2 Å². The Hall–Kier alpha value is -1.63. The van der Waals surface area contributed by atoms with E-state index < -0.39 is 22.2 Å². The maximum atomic E-state index is 10.0. The van der Waals surface area contributed by atoms with Gasteiger partial charge in [-0.25, -0.2) is 4.99 Å². The van der Waals surface area contributed by atoms with Crippen molar-refractivity contribution < 1.29 is 14.5 Å². The summed E-state index contributed by atoms with van der Waals surface area (Å²) >= 11 is 0. The lowest BCUT2D eigenvalue weighted by Gasteiger charge is -2.31. The first-order valence-corrected chi connectivity index (χ1v) is 7.59. The van der Waals surface area contributed by atoms with Gasteiger partial charge in [0.05, 0.1) is 25.4 Å². The number of fused-ring (bicyclic) bond motifs is 3. The summed E-state index contributed by atoms with van der Waals surface area (Å²) in [6.07, 6.45) is 3.65. The van der Waals surface area contributed by atoms with Crippen molar-refractivity contribution in [1.29, 1.82) is 10.5 Å². The zero-order valence-electron chi connectivity index (χ0n) is 12.5. The maximum Gasteiger partial charge on any atom is 0.343 e. The predicted octanol–water partition coefficient (Wildman–Crippen LogP) is -0.241. The predicted molar refractivity (Wildman–Crippen MR) is 73.1 cm³/mol. The van der Waals surface area contributed by atoms with E-state index in [1.165, 1.54) is 0 Å². The molecule has 1 aliphatic heterocycles. The number of hydrogen-bond acceptors (Lipinski definition) is 5. The third kappa shape index (κ3) is 1.12. The second-order valence-electron chi connectivity index (χ2n) is 6.03. The van der Waals surface area contributed by atoms with E-state index >= 15 is 0 Å². The molecule has 3 rings (SSSR count). The first-order valence-electron chi connectivity index (χ1n) is 7.59. The van der Waals surface area contributed by atoms with Crippen LogP contribution in [0.2, 0.25) is 0 Å². The van der Waals surface area contributed by atoms with Gasteiger partial charge in [0, 0.05) is 5.41 Å². The van der Waals surface area contributed by atoms with E-state index in [9.17, 15) is 10.5 Å². The van der Waals surface area contributed by atoms with Crippen LogP contribution < -0.4 is 10.7 Å². The Bertz CT molecular complexity index is 575. The molecule has 3 aliphatic rings. The van der Waals surface area contributed by atoms with Crippen LogP contribution in [0.25, 0.3) is 0 Å². The van der Waals surface area contributed by atoms with Crippen LogP contribution in [-0.4, -0.2) is 25.0 Å². The molecule has 1 heterocycles. The van der Waals surface area contributed by atoms with Crippen molar-refractivity contribution in [3.05, 3.63) is 0 Å². The third-order valence-electron chi connectivity index (χ3n) is 5.62. The van der Waals surface area contributed by atoms with Gasteiger partial charge in [-0.2, -0.15) is 10.5 Å². The number of ether oxygens (including phenoxy) is 2. The van der Waals surface area contributed by atoms with Gasteiger partial charge in [0.25, 0.3) is 5.84 Å². The van der Waals surface area contributed by atoms with Gasteiger partial charge in [-0.15, -0.1) is 0 Å². The fraction of sp³-hybridized carbons (Fsp3) is 0.800. The molecule has 0 radical (unpaired) electrons. The van der Waals surface area contributed by atoms with Crippen molar-refractivity contribution in [2.24, 2.45) is 22.0 Å². The second kappa shape index (κ2) is 4.19. The van der Waals surface area contributed by atoms with Crippen LogP contribution in [0.3, 0.4) is 0 Å². The molecule has 6 heteroatoms. The van der Waals surface area contributed by atoms with Gasteiger partial charge < -0.3 is 9.47 Å². The summed E-state index contributed by atoms with van der Waals surface area (Å²) in [5, 5.41) is 19.9. The van der Waals surface area contributed by atoms with Crippen LogP contribution in [0.1, 0.15) is 39.5 Å². The molecule has 0 saturated heterocycles. The highest BCUT2D eigenvalue weighted by Crippen LogP contribution is 2.87. The van der Waals surface area contributed by atoms with Crippen LogP contribution in [-0.2, 0) is 9.47 Å². The summed E-state index contributed by atoms with van der Waals surface area (Å²) in [6, 6.07) is 4.75. The Labute approximate surface area is 124 Å². The normalized spacial score (nSPS) is 37.6. The van der Waals surface area contributed by atoms with E-state index in [0.29, 0.717) is 19.0 Å². The lowest BCUT2D eigenvalue weighted by atomic mass is 9.88. The van der Waals surface area contributed by atoms with Gasteiger partial charge in [-0.3, -0.25) is 5.73 Å². The van der Waals surface area contributed by atoms with Gasteiger partial charge in [-0.05, 0) is 26.7 Å². The summed E-state index contributed by atoms with van der Waals surface area (Å²) in [7, 11) is 0. The molecule has 6 nitrogen and oxygen atoms in total. The summed E-state index contributed by atoms with van der Waals surface area (Å²) < 4.78 is 11.7. The molecule has 0 aromatic carbocycles. The Morgan fingerprint density at radius 2 is 1.71 bits per heavy atom. The fourth-order valence-electron chi connectivity index (χ4n) is 5.06. The first-order chi connectivity index (χ1) is 10.1. The van der Waals surface area contributed by atoms with Crippen LogP contribution in [0.4, 0.5) is 0 Å². The standard InChI is InChI=1S/C15H20N4O2/c1-3-20-15(21-4-2)14(10-17)12(7-5-6-8-12)13(14,9-16)11(18)19-15/h3-8H2,1-2H3,(H2,18,19)/p+1/t13-,14+/m1/s1. The number of nitrogens with two attached hydrogens (primary N) is 1. The Balaban J connectivity index is 2.23. The molecule has 2 fully saturated rings. The van der Waals surface area contributed by atoms with E-state index in [-0.39, 0.29) is 0 Å². The van der Waals surface area contributed by atoms with E-state index in [2.05, 4.69) is 17.1 Å². The molecule has 2 atom stereocenters. The lowest BCUT2D eigenvalue weighted by molar-refractivity contribution is -0.695. The summed E-state index contributed by atoms with van der Waals surface area (Å²) in [4.78, 5) is 3.01. The highest BCUT2D eigenvalue weighted by Gasteiger charge is 3.03. The van der Waals surface area contributed by atoms with Crippen LogP contribution in [0, 0.1) is 38.9 Å². The van der Waals surface area contributed by atoms with Crippen LogP contribution in [0.5, 0.6) is 0 Å². The van der Waals surface area contributed by atoms with Crippen molar-refractivity contribution in [1.82, 2.24) is 0 Å². The minimum atomic E-state index is -1.31. The molecule has 1 spiro atoms. The zero-order chi connectivity index (χ0) is 15.4. The summed E-state index contributed by atoms with van der Waals surface area (Å²) in [5.41, 5.74) is 3.68. The number of nitrogens with one attached hydrogen (secondary N) is 1. The maximum absolute atomic E-state index is 10.0. The van der Waals surface area contributed by atoms with Crippen molar-refractivity contribution in [3.63, 3.8) is 0 Å². The van der Waals surface area contributed by atoms with Gasteiger partial charge >= 0.3 is 5.91 Å². The van der Waals surface area contributed by atoms with Gasteiger partial charge in [0.1, 0.15) is 0 Å². The largest absolute Gasteiger partial charge is 0.343 e. The topological polar surface area (TPSA) is 106 Å². The Morgan fingerprint density at radius 1 is 1.14 bits per heavy atom. The number of amidine groups is 1. The molecule has 0 unspecified atom stereocenters. The molecular weight excluding hydrogens is 268 g/mol. The van der Waals surface area contributed by atoms with E-state index in [0.717, 1.165) is 25.7 Å². The van der Waals surface area contributed by atoms with Gasteiger partial charge in [0.15, 0.2) is 10.8 Å². The number of nitrogens with zero attached hydrogens (tertiary/aromatic N) is 2. The monoisotopic (exact) mass is 289 g/mol. The minimum absolute atomic E-state index is 0.329. The molecule has 2 aliphatic carbocycles. The molecule has 0 amide bonds. The second-order valence-corrected chi connectivity index (χ2v) is 6.03. The smallest absolute Gasteiger partial charge is 0.314 e. The Kier molecular flexibility index (Phi) is 2.86. The molecule has 112 valence electrons. The molecule has 0 aromatic rings. The van der Waals surface area contributed by atoms with E-state index in [1.807, 2.05) is 13.8 Å². The van der Waals surface area contributed by atoms with Crippen molar-refractivity contribution in [3.8, 4) is 12.1 Å². The quantitative estimate of drug-likeness (QED) is 0.695. The highest BCUT2D eigenvalue weighted by molar-refractivity contribution is 5.95. The summed E-state index contributed by atoms with van der Waals surface area (Å²) in [5.74, 6) is -0.981. The number of hydrogen-bond donors (Lipinski definition) is 2. The van der Waals surface area contributed by atoms with Crippen molar-refractivity contribution in [2.75, 3.05) is 13.2 Å². The number of nitriles is 2. The molecule has 3 N–H and O–H groups in total. The molecule has 2 saturated carbocycles. The molecule has 0 aromatic heterocycles. The van der Waals surface area contributed by atoms with Gasteiger partial charge in [0.2, 0.25) is 0 Å². The average molecular weight is 289 g/mol. The van der Waals surface area contributed by atoms with Crippen molar-refractivity contribution >= 4 is 5.84 Å². The van der Waals surface area contributed by atoms with Crippen LogP contribution >= 0.6 is 0 Å². The molecule has 21 heavy (non-hydrogen) atoms. The third-order valence-corrected chi connectivity index (χ3v) is 5.62. The van der Waals surface area contributed by atoms with Gasteiger partial charge in [-0.1, -0.05) is 12.8 Å². The first kappa shape index (κ1) is 14.3. The van der Waals surface area contributed by atoms with Crippen LogP contribution in [0.15, 0.2) is 0 Å². The molecule has 0 bridgehead atoms. The lowest BCUT2D eigenvalue weighted by Crippen LogP contribution is -2.91. The number of rotatable bonds is 4.